The minimum absolute atomic E-state index is 0.104. The maximum atomic E-state index is 12.1. The number of carbonyl (C=O) groups is 1. The molecule has 2 aromatic rings. The number of amides is 1. The Kier molecular flexibility index (Phi) is 4.58. The summed E-state index contributed by atoms with van der Waals surface area (Å²) < 4.78 is 24.5. The van der Waals surface area contributed by atoms with E-state index in [0.717, 1.165) is 6.26 Å². The van der Waals surface area contributed by atoms with E-state index in [9.17, 15) is 18.3 Å². The predicted octanol–water partition coefficient (Wildman–Crippen LogP) is 2.67. The maximum absolute atomic E-state index is 12.1. The van der Waals surface area contributed by atoms with Crippen LogP contribution >= 0.6 is 11.6 Å². The van der Waals surface area contributed by atoms with Crippen LogP contribution in [0.4, 0.5) is 11.4 Å². The molecule has 0 bridgehead atoms. The van der Waals surface area contributed by atoms with Crippen molar-refractivity contribution in [2.45, 2.75) is 0 Å². The van der Waals surface area contributed by atoms with Gasteiger partial charge in [0.1, 0.15) is 5.75 Å². The fourth-order valence-electron chi connectivity index (χ4n) is 1.71. The van der Waals surface area contributed by atoms with Gasteiger partial charge < -0.3 is 10.4 Å². The molecule has 0 atom stereocenters. The zero-order valence-corrected chi connectivity index (χ0v) is 13.1. The van der Waals surface area contributed by atoms with E-state index in [1.807, 2.05) is 0 Å². The van der Waals surface area contributed by atoms with E-state index in [2.05, 4.69) is 10.0 Å². The van der Waals surface area contributed by atoms with Gasteiger partial charge in [-0.15, -0.1) is 0 Å². The molecule has 0 fully saturated rings. The number of benzene rings is 2. The first-order valence-corrected chi connectivity index (χ1v) is 8.39. The Bertz CT molecular complexity index is 804. The molecule has 0 spiro atoms. The first-order valence-electron chi connectivity index (χ1n) is 6.12. The van der Waals surface area contributed by atoms with Crippen LogP contribution in [-0.4, -0.2) is 25.7 Å². The highest BCUT2D eigenvalue weighted by Gasteiger charge is 2.10. The summed E-state index contributed by atoms with van der Waals surface area (Å²) in [5.74, 6) is -0.559. The minimum atomic E-state index is -3.37. The van der Waals surface area contributed by atoms with E-state index in [0.29, 0.717) is 16.3 Å². The predicted molar refractivity (Wildman–Crippen MR) is 86.0 cm³/mol. The Morgan fingerprint density at radius 1 is 1.14 bits per heavy atom. The number of aromatic hydroxyl groups is 1. The van der Waals surface area contributed by atoms with Crippen molar-refractivity contribution in [1.82, 2.24) is 0 Å². The molecule has 0 radical (unpaired) electrons. The van der Waals surface area contributed by atoms with E-state index in [4.69, 9.17) is 11.6 Å². The number of rotatable bonds is 4. The van der Waals surface area contributed by atoms with Crippen LogP contribution in [0, 0.1) is 0 Å². The van der Waals surface area contributed by atoms with E-state index in [1.54, 1.807) is 0 Å². The van der Waals surface area contributed by atoms with Gasteiger partial charge in [0.05, 0.1) is 11.9 Å². The molecule has 0 aliphatic rings. The Morgan fingerprint density at radius 2 is 1.77 bits per heavy atom. The lowest BCUT2D eigenvalue weighted by atomic mass is 10.2. The summed E-state index contributed by atoms with van der Waals surface area (Å²) in [5, 5.41) is 12.6. The van der Waals surface area contributed by atoms with Crippen molar-refractivity contribution in [3.05, 3.63) is 53.1 Å². The fraction of sp³-hybridized carbons (Fsp3) is 0.0714. The molecule has 0 aliphatic carbocycles. The zero-order chi connectivity index (χ0) is 16.3. The van der Waals surface area contributed by atoms with Crippen LogP contribution in [0.2, 0.25) is 5.02 Å². The summed E-state index contributed by atoms with van der Waals surface area (Å²) in [6, 6.07) is 10.2. The Hall–Kier alpha value is -2.25. The molecule has 0 heterocycles. The number of hydrogen-bond acceptors (Lipinski definition) is 4. The number of phenolic OH excluding ortho intramolecular Hbond substituents is 1. The molecule has 22 heavy (non-hydrogen) atoms. The summed E-state index contributed by atoms with van der Waals surface area (Å²) in [7, 11) is -3.37. The van der Waals surface area contributed by atoms with Gasteiger partial charge in [0, 0.05) is 16.3 Å². The monoisotopic (exact) mass is 340 g/mol. The van der Waals surface area contributed by atoms with Crippen molar-refractivity contribution in [2.75, 3.05) is 16.3 Å². The molecule has 116 valence electrons. The molecule has 0 saturated carbocycles. The lowest BCUT2D eigenvalue weighted by molar-refractivity contribution is 0.102. The lowest BCUT2D eigenvalue weighted by Gasteiger charge is -2.09. The van der Waals surface area contributed by atoms with Crippen LogP contribution in [0.15, 0.2) is 42.5 Å². The van der Waals surface area contributed by atoms with Gasteiger partial charge in [0.2, 0.25) is 10.0 Å². The van der Waals surface area contributed by atoms with E-state index in [1.165, 1.54) is 42.5 Å². The number of nitrogens with one attached hydrogen (secondary N) is 2. The highest BCUT2D eigenvalue weighted by atomic mass is 35.5. The third-order valence-corrected chi connectivity index (χ3v) is 3.50. The Labute approximate surface area is 132 Å². The SMILES string of the molecule is CS(=O)(=O)Nc1ccc(C(=O)Nc2cc(Cl)ccc2O)cc1. The second-order valence-corrected chi connectivity index (χ2v) is 6.75. The van der Waals surface area contributed by atoms with Crippen molar-refractivity contribution >= 4 is 38.9 Å². The standard InChI is InChI=1S/C14H13ClN2O4S/c1-22(20,21)17-11-5-2-9(3-6-11)14(19)16-12-8-10(15)4-7-13(12)18/h2-8,17-18H,1H3,(H,16,19). The summed E-state index contributed by atoms with van der Waals surface area (Å²) in [6.07, 6.45) is 1.04. The van der Waals surface area contributed by atoms with Crippen molar-refractivity contribution in [2.24, 2.45) is 0 Å². The molecule has 0 aliphatic heterocycles. The molecular weight excluding hydrogens is 328 g/mol. The fourth-order valence-corrected chi connectivity index (χ4v) is 2.44. The molecule has 3 N–H and O–H groups in total. The number of hydrogen-bond donors (Lipinski definition) is 3. The normalized spacial score (nSPS) is 11.0. The number of carbonyl (C=O) groups excluding carboxylic acids is 1. The number of halogens is 1. The van der Waals surface area contributed by atoms with E-state index in [-0.39, 0.29) is 11.4 Å². The zero-order valence-electron chi connectivity index (χ0n) is 11.5. The van der Waals surface area contributed by atoms with Gasteiger partial charge in [-0.2, -0.15) is 0 Å². The molecule has 8 heteroatoms. The Balaban J connectivity index is 2.15. The van der Waals surface area contributed by atoms with E-state index < -0.39 is 15.9 Å². The first kappa shape index (κ1) is 16.1. The van der Waals surface area contributed by atoms with Crippen LogP contribution in [0.5, 0.6) is 5.75 Å². The van der Waals surface area contributed by atoms with Gasteiger partial charge in [0.15, 0.2) is 0 Å². The van der Waals surface area contributed by atoms with Gasteiger partial charge in [-0.3, -0.25) is 9.52 Å². The van der Waals surface area contributed by atoms with Crippen molar-refractivity contribution < 1.29 is 18.3 Å². The van der Waals surface area contributed by atoms with Gasteiger partial charge in [-0.1, -0.05) is 11.6 Å². The van der Waals surface area contributed by atoms with Gasteiger partial charge in [0.25, 0.3) is 5.91 Å². The molecule has 1 amide bonds. The third kappa shape index (κ3) is 4.37. The summed E-state index contributed by atoms with van der Waals surface area (Å²) in [5.41, 5.74) is 0.846. The molecular formula is C14H13ClN2O4S. The lowest BCUT2D eigenvalue weighted by Crippen LogP contribution is -2.13. The average Bonchev–Trinajstić information content (AvgIpc) is 2.42. The molecule has 2 rings (SSSR count). The number of phenols is 1. The van der Waals surface area contributed by atoms with Crippen LogP contribution in [0.25, 0.3) is 0 Å². The van der Waals surface area contributed by atoms with Gasteiger partial charge >= 0.3 is 0 Å². The molecule has 2 aromatic carbocycles. The number of sulfonamides is 1. The molecule has 0 unspecified atom stereocenters. The quantitative estimate of drug-likeness (QED) is 0.745. The first-order chi connectivity index (χ1) is 10.2. The largest absolute Gasteiger partial charge is 0.506 e. The van der Waals surface area contributed by atoms with Crippen LogP contribution in [-0.2, 0) is 10.0 Å². The third-order valence-electron chi connectivity index (χ3n) is 2.66. The number of anilines is 2. The molecule has 6 nitrogen and oxygen atoms in total. The summed E-state index contributed by atoms with van der Waals surface area (Å²) in [4.78, 5) is 12.1. The second kappa shape index (κ2) is 6.25. The van der Waals surface area contributed by atoms with Crippen molar-refractivity contribution in [1.29, 1.82) is 0 Å². The van der Waals surface area contributed by atoms with E-state index >= 15 is 0 Å². The van der Waals surface area contributed by atoms with Crippen LogP contribution in [0.3, 0.4) is 0 Å². The smallest absolute Gasteiger partial charge is 0.255 e. The highest BCUT2D eigenvalue weighted by molar-refractivity contribution is 7.92. The molecule has 0 aromatic heterocycles. The average molecular weight is 341 g/mol. The van der Waals surface area contributed by atoms with Crippen LogP contribution in [0.1, 0.15) is 10.4 Å². The van der Waals surface area contributed by atoms with Gasteiger partial charge in [-0.05, 0) is 42.5 Å². The molecule has 0 saturated heterocycles. The van der Waals surface area contributed by atoms with Crippen molar-refractivity contribution in [3.8, 4) is 5.75 Å². The summed E-state index contributed by atoms with van der Waals surface area (Å²) >= 11 is 5.80. The highest BCUT2D eigenvalue weighted by Crippen LogP contribution is 2.27. The summed E-state index contributed by atoms with van der Waals surface area (Å²) in [6.45, 7) is 0. The maximum Gasteiger partial charge on any atom is 0.255 e. The second-order valence-electron chi connectivity index (χ2n) is 4.57. The topological polar surface area (TPSA) is 95.5 Å². The minimum Gasteiger partial charge on any atom is -0.506 e. The van der Waals surface area contributed by atoms with Gasteiger partial charge in [-0.25, -0.2) is 8.42 Å². The van der Waals surface area contributed by atoms with Crippen molar-refractivity contribution in [3.63, 3.8) is 0 Å². The van der Waals surface area contributed by atoms with Crippen LogP contribution < -0.4 is 10.0 Å². The Morgan fingerprint density at radius 3 is 2.36 bits per heavy atom.